The zero-order valence-electron chi connectivity index (χ0n) is 16.2. The van der Waals surface area contributed by atoms with Crippen molar-refractivity contribution >= 4 is 17.6 Å². The Morgan fingerprint density at radius 2 is 1.93 bits per heavy atom. The van der Waals surface area contributed by atoms with Crippen molar-refractivity contribution in [3.8, 4) is 11.5 Å². The fraction of sp³-hybridized carbons (Fsp3) is 0.381. The lowest BCUT2D eigenvalue weighted by Crippen LogP contribution is -2.44. The minimum absolute atomic E-state index is 0.324. The Morgan fingerprint density at radius 3 is 2.68 bits per heavy atom. The van der Waals surface area contributed by atoms with Crippen LogP contribution >= 0.6 is 11.6 Å². The number of hydrogen-bond acceptors (Lipinski definition) is 4. The molecule has 7 heteroatoms. The van der Waals surface area contributed by atoms with Crippen molar-refractivity contribution in [1.82, 2.24) is 10.6 Å². The van der Waals surface area contributed by atoms with Gasteiger partial charge in [-0.15, -0.1) is 0 Å². The zero-order chi connectivity index (χ0) is 20.0. The first-order valence-corrected chi connectivity index (χ1v) is 9.75. The molecule has 0 amide bonds. The van der Waals surface area contributed by atoms with Gasteiger partial charge in [0.1, 0.15) is 18.8 Å². The summed E-state index contributed by atoms with van der Waals surface area (Å²) in [7, 11) is 0. The van der Waals surface area contributed by atoms with Crippen LogP contribution in [0.2, 0.25) is 5.02 Å². The first-order chi connectivity index (χ1) is 13.5. The van der Waals surface area contributed by atoms with Crippen LogP contribution in [-0.4, -0.2) is 37.4 Å². The minimum Gasteiger partial charge on any atom is -0.486 e. The summed E-state index contributed by atoms with van der Waals surface area (Å²) in [5.41, 5.74) is 0.746. The fourth-order valence-corrected chi connectivity index (χ4v) is 3.21. The van der Waals surface area contributed by atoms with Gasteiger partial charge in [0.15, 0.2) is 17.5 Å². The van der Waals surface area contributed by atoms with Gasteiger partial charge in [0, 0.05) is 6.54 Å². The van der Waals surface area contributed by atoms with E-state index in [4.69, 9.17) is 21.1 Å². The Kier molecular flexibility index (Phi) is 6.65. The lowest BCUT2D eigenvalue weighted by molar-refractivity contribution is 0.0617. The molecule has 2 aromatic carbocycles. The van der Waals surface area contributed by atoms with Crippen LogP contribution in [-0.2, 0) is 12.1 Å². The number of fused-ring (bicyclic) bond motifs is 1. The Labute approximate surface area is 170 Å². The molecule has 0 bridgehead atoms. The van der Waals surface area contributed by atoms with E-state index < -0.39 is 5.60 Å². The first-order valence-electron chi connectivity index (χ1n) is 9.37. The molecule has 0 aliphatic carbocycles. The second kappa shape index (κ2) is 9.17. The maximum atomic E-state index is 10.8. The summed E-state index contributed by atoms with van der Waals surface area (Å²) in [6, 6.07) is 13.3. The number of aliphatic imine (C=N–C) groups is 1. The molecule has 0 aromatic heterocycles. The molecule has 0 spiro atoms. The third kappa shape index (κ3) is 5.09. The van der Waals surface area contributed by atoms with Crippen LogP contribution in [0.4, 0.5) is 0 Å². The highest BCUT2D eigenvalue weighted by molar-refractivity contribution is 6.32. The number of nitrogens with one attached hydrogen (secondary N) is 2. The zero-order valence-corrected chi connectivity index (χ0v) is 16.9. The molecule has 0 radical (unpaired) electrons. The van der Waals surface area contributed by atoms with Crippen LogP contribution in [0.15, 0.2) is 47.5 Å². The van der Waals surface area contributed by atoms with Crippen molar-refractivity contribution in [2.45, 2.75) is 26.0 Å². The van der Waals surface area contributed by atoms with Gasteiger partial charge >= 0.3 is 0 Å². The van der Waals surface area contributed by atoms with E-state index in [9.17, 15) is 5.11 Å². The van der Waals surface area contributed by atoms with Gasteiger partial charge in [0.25, 0.3) is 0 Å². The molecule has 1 aliphatic rings. The van der Waals surface area contributed by atoms with Gasteiger partial charge in [-0.05, 0) is 37.1 Å². The lowest BCUT2D eigenvalue weighted by atomic mass is 9.96. The summed E-state index contributed by atoms with van der Waals surface area (Å²) in [6.45, 7) is 6.23. The minimum atomic E-state index is -1.02. The first kappa shape index (κ1) is 20.3. The monoisotopic (exact) mass is 403 g/mol. The molecule has 3 N–H and O–H groups in total. The fourth-order valence-electron chi connectivity index (χ4n) is 2.92. The van der Waals surface area contributed by atoms with Crippen molar-refractivity contribution in [1.29, 1.82) is 0 Å². The third-order valence-corrected chi connectivity index (χ3v) is 4.70. The van der Waals surface area contributed by atoms with Gasteiger partial charge in [-0.3, -0.25) is 0 Å². The molecule has 0 fully saturated rings. The predicted molar refractivity (Wildman–Crippen MR) is 111 cm³/mol. The van der Waals surface area contributed by atoms with E-state index in [1.807, 2.05) is 49.4 Å². The van der Waals surface area contributed by atoms with Gasteiger partial charge in [0.05, 0.1) is 18.1 Å². The van der Waals surface area contributed by atoms with Crippen LogP contribution in [0.25, 0.3) is 0 Å². The number of benzene rings is 2. The summed E-state index contributed by atoms with van der Waals surface area (Å²) in [4.78, 5) is 4.60. The normalized spacial score (nSPS) is 15.6. The summed E-state index contributed by atoms with van der Waals surface area (Å²) >= 11 is 6.29. The summed E-state index contributed by atoms with van der Waals surface area (Å²) in [5.74, 6) is 1.85. The molecule has 0 saturated heterocycles. The SMILES string of the molecule is CCNC(=NCc1cc(Cl)c2c(c1)OCCO2)NCC(C)(O)c1ccccc1. The van der Waals surface area contributed by atoms with E-state index >= 15 is 0 Å². The number of guanidine groups is 1. The second-order valence-corrected chi connectivity index (χ2v) is 7.20. The standard InChI is InChI=1S/C21H26ClN3O3/c1-3-23-20(25-14-21(2,26)16-7-5-4-6-8-16)24-13-15-11-17(22)19-18(12-15)27-9-10-28-19/h4-8,11-12,26H,3,9-10,13-14H2,1-2H3,(H2,23,24,25). The Balaban J connectivity index is 1.68. The molecule has 1 unspecified atom stereocenters. The Bertz CT molecular complexity index is 825. The third-order valence-electron chi connectivity index (χ3n) is 4.42. The van der Waals surface area contributed by atoms with Crippen molar-refractivity contribution in [3.05, 3.63) is 58.6 Å². The number of hydrogen-bond donors (Lipinski definition) is 3. The Hall–Kier alpha value is -2.44. The Morgan fingerprint density at radius 1 is 1.18 bits per heavy atom. The molecular formula is C21H26ClN3O3. The van der Waals surface area contributed by atoms with Crippen LogP contribution in [0.5, 0.6) is 11.5 Å². The summed E-state index contributed by atoms with van der Waals surface area (Å²) in [6.07, 6.45) is 0. The van der Waals surface area contributed by atoms with Gasteiger partial charge in [-0.1, -0.05) is 41.9 Å². The summed E-state index contributed by atoms with van der Waals surface area (Å²) in [5, 5.41) is 17.7. The number of aliphatic hydroxyl groups is 1. The van der Waals surface area contributed by atoms with Gasteiger partial charge in [-0.25, -0.2) is 4.99 Å². The average Bonchev–Trinajstić information content (AvgIpc) is 2.71. The van der Waals surface area contributed by atoms with Gasteiger partial charge < -0.3 is 25.2 Å². The molecule has 1 aliphatic heterocycles. The second-order valence-electron chi connectivity index (χ2n) is 6.79. The van der Waals surface area contributed by atoms with E-state index in [0.717, 1.165) is 11.1 Å². The van der Waals surface area contributed by atoms with Crippen molar-refractivity contribution < 1.29 is 14.6 Å². The molecular weight excluding hydrogens is 378 g/mol. The molecule has 2 aromatic rings. The molecule has 1 atom stereocenters. The average molecular weight is 404 g/mol. The van der Waals surface area contributed by atoms with Crippen LogP contribution < -0.4 is 20.1 Å². The number of rotatable bonds is 6. The van der Waals surface area contributed by atoms with Crippen LogP contribution in [0.3, 0.4) is 0 Å². The number of ether oxygens (including phenoxy) is 2. The van der Waals surface area contributed by atoms with Crippen molar-refractivity contribution in [2.75, 3.05) is 26.3 Å². The highest BCUT2D eigenvalue weighted by Gasteiger charge is 2.23. The molecule has 28 heavy (non-hydrogen) atoms. The lowest BCUT2D eigenvalue weighted by Gasteiger charge is -2.25. The predicted octanol–water partition coefficient (Wildman–Crippen LogP) is 3.07. The van der Waals surface area contributed by atoms with Crippen LogP contribution in [0, 0.1) is 0 Å². The van der Waals surface area contributed by atoms with E-state index in [1.54, 1.807) is 6.92 Å². The van der Waals surface area contributed by atoms with Gasteiger partial charge in [0.2, 0.25) is 0 Å². The maximum Gasteiger partial charge on any atom is 0.191 e. The molecule has 6 nitrogen and oxygen atoms in total. The molecule has 3 rings (SSSR count). The highest BCUT2D eigenvalue weighted by Crippen LogP contribution is 2.38. The number of nitrogens with zero attached hydrogens (tertiary/aromatic N) is 1. The quantitative estimate of drug-likeness (QED) is 0.510. The molecule has 0 saturated carbocycles. The van der Waals surface area contributed by atoms with Gasteiger partial charge in [-0.2, -0.15) is 0 Å². The van der Waals surface area contributed by atoms with Crippen molar-refractivity contribution in [2.24, 2.45) is 4.99 Å². The van der Waals surface area contributed by atoms with E-state index in [0.29, 0.717) is 55.3 Å². The topological polar surface area (TPSA) is 75.1 Å². The smallest absolute Gasteiger partial charge is 0.191 e. The van der Waals surface area contributed by atoms with E-state index in [-0.39, 0.29) is 0 Å². The summed E-state index contributed by atoms with van der Waals surface area (Å²) < 4.78 is 11.2. The maximum absolute atomic E-state index is 10.8. The largest absolute Gasteiger partial charge is 0.486 e. The molecule has 150 valence electrons. The van der Waals surface area contributed by atoms with Crippen molar-refractivity contribution in [3.63, 3.8) is 0 Å². The van der Waals surface area contributed by atoms with E-state index in [1.165, 1.54) is 0 Å². The van der Waals surface area contributed by atoms with E-state index in [2.05, 4.69) is 15.6 Å². The van der Waals surface area contributed by atoms with Crippen LogP contribution in [0.1, 0.15) is 25.0 Å². The molecule has 1 heterocycles. The highest BCUT2D eigenvalue weighted by atomic mass is 35.5. The number of halogens is 1.